The molecule has 2 heterocycles. The van der Waals surface area contributed by atoms with E-state index < -0.39 is 0 Å². The van der Waals surface area contributed by atoms with Gasteiger partial charge in [0.05, 0.1) is 11.7 Å². The van der Waals surface area contributed by atoms with E-state index in [-0.39, 0.29) is 0 Å². The fourth-order valence-electron chi connectivity index (χ4n) is 2.23. The first-order valence-electron chi connectivity index (χ1n) is 4.92. The van der Waals surface area contributed by atoms with Crippen molar-refractivity contribution in [2.75, 3.05) is 0 Å². The Morgan fingerprint density at radius 2 is 2.36 bits per heavy atom. The van der Waals surface area contributed by atoms with E-state index in [1.807, 2.05) is 12.3 Å². The molecule has 0 fully saturated rings. The van der Waals surface area contributed by atoms with Crippen LogP contribution in [0.15, 0.2) is 36.2 Å². The second-order valence-corrected chi connectivity index (χ2v) is 3.90. The van der Waals surface area contributed by atoms with E-state index in [0.29, 0.717) is 12.0 Å². The van der Waals surface area contributed by atoms with Gasteiger partial charge in [-0.3, -0.25) is 4.98 Å². The minimum Gasteiger partial charge on any atom is -0.382 e. The van der Waals surface area contributed by atoms with Gasteiger partial charge in [-0.15, -0.1) is 0 Å². The van der Waals surface area contributed by atoms with Gasteiger partial charge < -0.3 is 5.32 Å². The summed E-state index contributed by atoms with van der Waals surface area (Å²) in [5.41, 5.74) is 3.81. The van der Waals surface area contributed by atoms with Gasteiger partial charge in [0.1, 0.15) is 0 Å². The molecule has 0 bridgehead atoms. The van der Waals surface area contributed by atoms with Crippen LogP contribution in [0, 0.1) is 5.92 Å². The Kier molecular flexibility index (Phi) is 1.51. The molecule has 0 aromatic carbocycles. The number of aromatic nitrogens is 1. The summed E-state index contributed by atoms with van der Waals surface area (Å²) in [4.78, 5) is 4.45. The molecule has 0 spiro atoms. The fourth-order valence-corrected chi connectivity index (χ4v) is 2.23. The summed E-state index contributed by atoms with van der Waals surface area (Å²) in [6.45, 7) is 2.16. The quantitative estimate of drug-likeness (QED) is 0.669. The van der Waals surface area contributed by atoms with Crippen LogP contribution in [0.1, 0.15) is 24.2 Å². The highest BCUT2D eigenvalue weighted by Crippen LogP contribution is 2.37. The molecule has 2 atom stereocenters. The van der Waals surface area contributed by atoms with E-state index in [4.69, 9.17) is 0 Å². The van der Waals surface area contributed by atoms with Gasteiger partial charge >= 0.3 is 0 Å². The molecule has 2 aliphatic rings. The molecule has 2 unspecified atom stereocenters. The van der Waals surface area contributed by atoms with Crippen LogP contribution >= 0.6 is 0 Å². The van der Waals surface area contributed by atoms with E-state index in [1.54, 1.807) is 0 Å². The highest BCUT2D eigenvalue weighted by Gasteiger charge is 2.31. The lowest BCUT2D eigenvalue weighted by molar-refractivity contribution is 0.547. The predicted molar refractivity (Wildman–Crippen MR) is 56.4 cm³/mol. The maximum absolute atomic E-state index is 4.45. The van der Waals surface area contributed by atoms with Gasteiger partial charge in [0.15, 0.2) is 0 Å². The van der Waals surface area contributed by atoms with Crippen molar-refractivity contribution in [3.63, 3.8) is 0 Å². The lowest BCUT2D eigenvalue weighted by Crippen LogP contribution is -2.21. The summed E-state index contributed by atoms with van der Waals surface area (Å²) >= 11 is 0. The molecule has 1 aliphatic carbocycles. The second kappa shape index (κ2) is 2.71. The normalized spacial score (nSPS) is 27.6. The van der Waals surface area contributed by atoms with Gasteiger partial charge in [0.2, 0.25) is 0 Å². The molecule has 14 heavy (non-hydrogen) atoms. The first kappa shape index (κ1) is 7.80. The van der Waals surface area contributed by atoms with Gasteiger partial charge in [-0.05, 0) is 30.3 Å². The van der Waals surface area contributed by atoms with Gasteiger partial charge in [-0.2, -0.15) is 0 Å². The van der Waals surface area contributed by atoms with Crippen LogP contribution in [0.2, 0.25) is 0 Å². The van der Waals surface area contributed by atoms with E-state index >= 15 is 0 Å². The largest absolute Gasteiger partial charge is 0.382 e. The molecule has 1 N–H and O–H groups in total. The van der Waals surface area contributed by atoms with Crippen molar-refractivity contribution < 1.29 is 0 Å². The monoisotopic (exact) mass is 184 g/mol. The third kappa shape index (κ3) is 0.939. The molecule has 0 saturated heterocycles. The van der Waals surface area contributed by atoms with Crippen molar-refractivity contribution in [1.82, 2.24) is 10.3 Å². The van der Waals surface area contributed by atoms with Crippen LogP contribution < -0.4 is 5.32 Å². The summed E-state index contributed by atoms with van der Waals surface area (Å²) in [5, 5.41) is 3.39. The minimum atomic E-state index is 0.358. The molecule has 2 heteroatoms. The topological polar surface area (TPSA) is 24.9 Å². The number of nitrogens with one attached hydrogen (secondary N) is 1. The Hall–Kier alpha value is -1.57. The van der Waals surface area contributed by atoms with Crippen LogP contribution in [-0.4, -0.2) is 4.98 Å². The standard InChI is InChI=1S/C12H12N2/c1-8-7-14-12-10(8)5-4-9-3-2-6-13-11(9)12/h2-7,10,12,14H,1H3. The molecule has 0 amide bonds. The van der Waals surface area contributed by atoms with Gasteiger partial charge in [-0.25, -0.2) is 0 Å². The number of fused-ring (bicyclic) bond motifs is 3. The van der Waals surface area contributed by atoms with Crippen molar-refractivity contribution in [1.29, 1.82) is 0 Å². The van der Waals surface area contributed by atoms with Gasteiger partial charge in [0, 0.05) is 12.1 Å². The Morgan fingerprint density at radius 1 is 1.43 bits per heavy atom. The Morgan fingerprint density at radius 3 is 3.29 bits per heavy atom. The molecule has 70 valence electrons. The van der Waals surface area contributed by atoms with Crippen LogP contribution in [0.4, 0.5) is 0 Å². The molecular weight excluding hydrogens is 172 g/mol. The zero-order chi connectivity index (χ0) is 9.54. The summed E-state index contributed by atoms with van der Waals surface area (Å²) in [6.07, 6.45) is 8.40. The van der Waals surface area contributed by atoms with E-state index in [1.165, 1.54) is 16.8 Å². The van der Waals surface area contributed by atoms with Crippen molar-refractivity contribution in [3.8, 4) is 0 Å². The molecular formula is C12H12N2. The van der Waals surface area contributed by atoms with Crippen molar-refractivity contribution in [2.45, 2.75) is 13.0 Å². The number of rotatable bonds is 0. The average molecular weight is 184 g/mol. The summed E-state index contributed by atoms with van der Waals surface area (Å²) in [5.74, 6) is 0.498. The number of nitrogens with zero attached hydrogens (tertiary/aromatic N) is 1. The molecule has 1 aromatic rings. The molecule has 0 saturated carbocycles. The lowest BCUT2D eigenvalue weighted by atomic mass is 9.86. The molecule has 2 nitrogen and oxygen atoms in total. The van der Waals surface area contributed by atoms with E-state index in [2.05, 4.69) is 41.6 Å². The van der Waals surface area contributed by atoms with Crippen molar-refractivity contribution >= 4 is 6.08 Å². The SMILES string of the molecule is CC1=CNC2c3ncccc3C=CC12. The van der Waals surface area contributed by atoms with Crippen molar-refractivity contribution in [2.24, 2.45) is 5.92 Å². The minimum absolute atomic E-state index is 0.358. The van der Waals surface area contributed by atoms with Crippen LogP contribution in [-0.2, 0) is 0 Å². The molecule has 1 aromatic heterocycles. The van der Waals surface area contributed by atoms with Crippen molar-refractivity contribution in [3.05, 3.63) is 47.4 Å². The molecule has 0 radical (unpaired) electrons. The van der Waals surface area contributed by atoms with E-state index in [0.717, 1.165) is 0 Å². The zero-order valence-electron chi connectivity index (χ0n) is 8.07. The van der Waals surface area contributed by atoms with Crippen LogP contribution in [0.3, 0.4) is 0 Å². The smallest absolute Gasteiger partial charge is 0.0786 e. The molecule has 3 rings (SSSR count). The first-order chi connectivity index (χ1) is 6.86. The average Bonchev–Trinajstić information content (AvgIpc) is 2.61. The second-order valence-electron chi connectivity index (χ2n) is 3.90. The Labute approximate surface area is 83.4 Å². The van der Waals surface area contributed by atoms with Crippen LogP contribution in [0.25, 0.3) is 6.08 Å². The number of hydrogen-bond donors (Lipinski definition) is 1. The highest BCUT2D eigenvalue weighted by molar-refractivity contribution is 5.58. The van der Waals surface area contributed by atoms with Gasteiger partial charge in [-0.1, -0.05) is 18.2 Å². The Bertz CT molecular complexity index is 432. The number of hydrogen-bond acceptors (Lipinski definition) is 2. The van der Waals surface area contributed by atoms with Crippen LogP contribution in [0.5, 0.6) is 0 Å². The predicted octanol–water partition coefficient (Wildman–Crippen LogP) is 2.27. The molecule has 1 aliphatic heterocycles. The first-order valence-corrected chi connectivity index (χ1v) is 4.92. The van der Waals surface area contributed by atoms with Gasteiger partial charge in [0.25, 0.3) is 0 Å². The Balaban J connectivity index is 2.12. The van der Waals surface area contributed by atoms with E-state index in [9.17, 15) is 0 Å². The third-order valence-corrected chi connectivity index (χ3v) is 3.02. The lowest BCUT2D eigenvalue weighted by Gasteiger charge is -2.23. The zero-order valence-corrected chi connectivity index (χ0v) is 8.07. The number of pyridine rings is 1. The summed E-state index contributed by atoms with van der Waals surface area (Å²) in [7, 11) is 0. The maximum Gasteiger partial charge on any atom is 0.0786 e. The highest BCUT2D eigenvalue weighted by atomic mass is 15.0. The third-order valence-electron chi connectivity index (χ3n) is 3.02. The fraction of sp³-hybridized carbons (Fsp3) is 0.250. The maximum atomic E-state index is 4.45. The summed E-state index contributed by atoms with van der Waals surface area (Å²) in [6, 6.07) is 4.46. The summed E-state index contributed by atoms with van der Waals surface area (Å²) < 4.78 is 0.